The maximum Gasteiger partial charge on any atom is 0.318 e. The first-order chi connectivity index (χ1) is 8.89. The number of nitrogens with zero attached hydrogens (tertiary/aromatic N) is 1. The Labute approximate surface area is 122 Å². The molecule has 1 saturated heterocycles. The topological polar surface area (TPSA) is 74.7 Å². The van der Waals surface area contributed by atoms with Gasteiger partial charge in [0.25, 0.3) is 21.2 Å². The average Bonchev–Trinajstić information content (AvgIpc) is 3.12. The van der Waals surface area contributed by atoms with Crippen molar-refractivity contribution in [2.45, 2.75) is 15.7 Å². The summed E-state index contributed by atoms with van der Waals surface area (Å²) in [4.78, 5) is 11.0. The Bertz CT molecular complexity index is 566. The predicted molar refractivity (Wildman–Crippen MR) is 66.2 cm³/mol. The van der Waals surface area contributed by atoms with Crippen molar-refractivity contribution in [1.29, 1.82) is 0 Å². The van der Waals surface area contributed by atoms with Crippen LogP contribution >= 0.6 is 0 Å². The molecule has 0 aromatic heterocycles. The third-order valence-electron chi connectivity index (χ3n) is 2.74. The first kappa shape index (κ1) is 14.7. The van der Waals surface area contributed by atoms with Gasteiger partial charge >= 0.3 is 5.97 Å². The number of rotatable bonds is 6. The number of carbonyl (C=O) groups is 1. The molecule has 0 amide bonds. The first-order valence-electron chi connectivity index (χ1n) is 5.76. The number of aryl methyl sites for hydroxylation is 1. The third-order valence-corrected chi connectivity index (χ3v) is 7.09. The van der Waals surface area contributed by atoms with Gasteiger partial charge in [-0.25, -0.2) is 8.42 Å². The molecule has 0 bridgehead atoms. The van der Waals surface area contributed by atoms with Crippen LogP contribution in [0.25, 0.3) is 0 Å². The largest absolute Gasteiger partial charge is 0.480 e. The Hall–Kier alpha value is -0.670. The van der Waals surface area contributed by atoms with E-state index in [-0.39, 0.29) is 26.1 Å². The van der Waals surface area contributed by atoms with E-state index < -0.39 is 22.5 Å². The molecular formula is C12H15INO4S+. The van der Waals surface area contributed by atoms with Crippen LogP contribution in [0.5, 0.6) is 0 Å². The quantitative estimate of drug-likeness (QED) is 0.428. The summed E-state index contributed by atoms with van der Waals surface area (Å²) < 4.78 is 27.4. The highest BCUT2D eigenvalue weighted by molar-refractivity contribution is 7.89. The molecule has 1 atom stereocenters. The normalized spacial score (nSPS) is 18.5. The van der Waals surface area contributed by atoms with Crippen LogP contribution in [-0.4, -0.2) is 45.2 Å². The van der Waals surface area contributed by atoms with Crippen molar-refractivity contribution in [2.75, 3.05) is 17.5 Å². The number of alkyl halides is 2. The zero-order chi connectivity index (χ0) is 14.0. The lowest BCUT2D eigenvalue weighted by Gasteiger charge is -2.18. The maximum absolute atomic E-state index is 12.4. The van der Waals surface area contributed by atoms with Crippen LogP contribution in [0.3, 0.4) is 0 Å². The summed E-state index contributed by atoms with van der Waals surface area (Å²) in [5.74, 6) is -1.12. The van der Waals surface area contributed by atoms with Gasteiger partial charge in [-0.05, 0) is 19.1 Å². The molecular weight excluding hydrogens is 381 g/mol. The molecule has 1 aromatic carbocycles. The van der Waals surface area contributed by atoms with E-state index in [0.717, 1.165) is 14.3 Å². The Kier molecular flexibility index (Phi) is 4.46. The lowest BCUT2D eigenvalue weighted by molar-refractivity contribution is -0.496. The van der Waals surface area contributed by atoms with Gasteiger partial charge in [0.15, 0.2) is 4.43 Å². The van der Waals surface area contributed by atoms with Crippen molar-refractivity contribution in [3.8, 4) is 0 Å². The summed E-state index contributed by atoms with van der Waals surface area (Å²) >= 11 is 0.0918. The molecule has 2 rings (SSSR count). The minimum Gasteiger partial charge on any atom is -0.480 e. The molecule has 1 N–H and O–H groups in total. The highest BCUT2D eigenvalue weighted by atomic mass is 127. The van der Waals surface area contributed by atoms with Gasteiger partial charge in [0.2, 0.25) is 13.9 Å². The number of aliphatic carboxylic acids is 1. The van der Waals surface area contributed by atoms with E-state index in [0.29, 0.717) is 10.5 Å². The van der Waals surface area contributed by atoms with Gasteiger partial charge in [-0.3, -0.25) is 4.79 Å². The molecule has 1 aliphatic heterocycles. The molecule has 1 aliphatic rings. The molecule has 0 aliphatic carbocycles. The molecule has 104 valence electrons. The van der Waals surface area contributed by atoms with Crippen LogP contribution in [0.4, 0.5) is 0 Å². The van der Waals surface area contributed by atoms with E-state index in [9.17, 15) is 13.2 Å². The predicted octanol–water partition coefficient (Wildman–Crippen LogP) is -2.46. The van der Waals surface area contributed by atoms with Crippen molar-refractivity contribution in [3.05, 3.63) is 29.8 Å². The van der Waals surface area contributed by atoms with Gasteiger partial charge in [-0.1, -0.05) is 17.7 Å². The standard InChI is InChI=1S/C12H14INO4S/c1-9-2-4-11(5-3-9)19(17,18)14(8-12(15)16)7-10-6-13-10/h2-5,10H,6-8H2,1H3/p+1/t10-/m1/s1. The van der Waals surface area contributed by atoms with Gasteiger partial charge in [0.05, 0.1) is 11.4 Å². The highest BCUT2D eigenvalue weighted by Crippen LogP contribution is 2.16. The summed E-state index contributed by atoms with van der Waals surface area (Å²) in [6.45, 7) is 1.76. The fourth-order valence-electron chi connectivity index (χ4n) is 1.64. The molecule has 0 unspecified atom stereocenters. The molecule has 19 heavy (non-hydrogen) atoms. The molecule has 1 aromatic rings. The second kappa shape index (κ2) is 5.76. The van der Waals surface area contributed by atoms with E-state index >= 15 is 0 Å². The Morgan fingerprint density at radius 3 is 2.47 bits per heavy atom. The van der Waals surface area contributed by atoms with Crippen LogP contribution in [0.15, 0.2) is 29.2 Å². The van der Waals surface area contributed by atoms with Crippen molar-refractivity contribution < 1.29 is 39.5 Å². The van der Waals surface area contributed by atoms with Crippen LogP contribution in [0.2, 0.25) is 0 Å². The molecule has 1 heterocycles. The Balaban J connectivity index is 2.26. The maximum atomic E-state index is 12.4. The van der Waals surface area contributed by atoms with Crippen molar-refractivity contribution in [3.63, 3.8) is 0 Å². The number of carboxylic acids is 1. The molecule has 0 spiro atoms. The molecule has 0 saturated carbocycles. The lowest BCUT2D eigenvalue weighted by atomic mass is 10.2. The summed E-state index contributed by atoms with van der Waals surface area (Å²) in [7, 11) is -3.70. The molecule has 1 fully saturated rings. The lowest BCUT2D eigenvalue weighted by Crippen LogP contribution is -3.48. The summed E-state index contributed by atoms with van der Waals surface area (Å²) in [6.07, 6.45) is 0. The van der Waals surface area contributed by atoms with Gasteiger partial charge in [-0.15, -0.1) is 0 Å². The highest BCUT2D eigenvalue weighted by Gasteiger charge is 2.47. The van der Waals surface area contributed by atoms with Gasteiger partial charge in [0, 0.05) is 0 Å². The number of sulfonamides is 1. The third kappa shape index (κ3) is 3.90. The fourth-order valence-corrected chi connectivity index (χ4v) is 4.73. The van der Waals surface area contributed by atoms with E-state index in [1.165, 1.54) is 12.1 Å². The fraction of sp³-hybridized carbons (Fsp3) is 0.417. The first-order valence-corrected chi connectivity index (χ1v) is 9.97. The zero-order valence-corrected chi connectivity index (χ0v) is 13.4. The van der Waals surface area contributed by atoms with Crippen molar-refractivity contribution >= 4 is 16.0 Å². The van der Waals surface area contributed by atoms with Crippen LogP contribution in [0, 0.1) is 6.92 Å². The van der Waals surface area contributed by atoms with Crippen LogP contribution in [0.1, 0.15) is 5.56 Å². The summed E-state index contributed by atoms with van der Waals surface area (Å²) in [5, 5.41) is 8.87. The smallest absolute Gasteiger partial charge is 0.318 e. The number of hydrogen-bond acceptors (Lipinski definition) is 3. The van der Waals surface area contributed by atoms with E-state index in [1.807, 2.05) is 6.92 Å². The van der Waals surface area contributed by atoms with Gasteiger partial charge in [-0.2, -0.15) is 4.31 Å². The SMILES string of the molecule is Cc1ccc(S(=O)(=O)N(CC(=O)O)C[C@H]2C[I+]2)cc1. The molecule has 7 heteroatoms. The summed E-state index contributed by atoms with van der Waals surface area (Å²) in [6, 6.07) is 6.49. The molecule has 0 radical (unpaired) electrons. The van der Waals surface area contributed by atoms with E-state index in [4.69, 9.17) is 5.11 Å². The van der Waals surface area contributed by atoms with E-state index in [1.54, 1.807) is 12.1 Å². The summed E-state index contributed by atoms with van der Waals surface area (Å²) in [5.41, 5.74) is 0.969. The van der Waals surface area contributed by atoms with E-state index in [2.05, 4.69) is 0 Å². The number of carboxylic acid groups (broad SMARTS) is 1. The number of halogens is 1. The Morgan fingerprint density at radius 2 is 2.00 bits per heavy atom. The molecule has 5 nitrogen and oxygen atoms in total. The van der Waals surface area contributed by atoms with Crippen molar-refractivity contribution in [2.24, 2.45) is 0 Å². The second-order valence-corrected chi connectivity index (χ2v) is 9.87. The number of benzene rings is 1. The van der Waals surface area contributed by atoms with Gasteiger partial charge in [0.1, 0.15) is 6.54 Å². The second-order valence-electron chi connectivity index (χ2n) is 4.41. The van der Waals surface area contributed by atoms with Crippen molar-refractivity contribution in [1.82, 2.24) is 4.31 Å². The van der Waals surface area contributed by atoms with Crippen LogP contribution in [-0.2, 0) is 14.8 Å². The minimum atomic E-state index is -3.70. The number of hydrogen-bond donors (Lipinski definition) is 1. The van der Waals surface area contributed by atoms with Crippen LogP contribution < -0.4 is 21.2 Å². The minimum absolute atomic E-state index is 0.0918. The van der Waals surface area contributed by atoms with Gasteiger partial charge < -0.3 is 5.11 Å². The monoisotopic (exact) mass is 396 g/mol. The average molecular weight is 396 g/mol. The zero-order valence-electron chi connectivity index (χ0n) is 10.4. The Morgan fingerprint density at radius 1 is 1.42 bits per heavy atom.